The molecule has 2 rings (SSSR count). The summed E-state index contributed by atoms with van der Waals surface area (Å²) in [4.78, 5) is 19.7. The third kappa shape index (κ3) is 2.50. The van der Waals surface area contributed by atoms with Crippen LogP contribution < -0.4 is 5.73 Å². The Hall–Kier alpha value is -1.75. The average molecular weight is 247 g/mol. The van der Waals surface area contributed by atoms with Crippen LogP contribution in [0.1, 0.15) is 23.5 Å². The number of rotatable bonds is 3. The number of hydrogen-bond donors (Lipinski definition) is 1. The van der Waals surface area contributed by atoms with Crippen molar-refractivity contribution in [3.8, 4) is 11.3 Å². The average Bonchev–Trinajstić information content (AvgIpc) is 2.75. The van der Waals surface area contributed by atoms with Crippen molar-refractivity contribution < 1.29 is 4.79 Å². The summed E-state index contributed by atoms with van der Waals surface area (Å²) in [6.45, 7) is 3.71. The van der Waals surface area contributed by atoms with Crippen molar-refractivity contribution in [2.24, 2.45) is 5.73 Å². The molecule has 0 radical (unpaired) electrons. The first-order chi connectivity index (χ1) is 8.08. The topological polar surface area (TPSA) is 68.9 Å². The van der Waals surface area contributed by atoms with Gasteiger partial charge in [-0.15, -0.1) is 11.3 Å². The Morgan fingerprint density at radius 3 is 2.71 bits per heavy atom. The molecule has 0 bridgehead atoms. The Morgan fingerprint density at radius 1 is 1.47 bits per heavy atom. The number of amides is 1. The first kappa shape index (κ1) is 11.7. The van der Waals surface area contributed by atoms with Gasteiger partial charge < -0.3 is 5.73 Å². The minimum Gasteiger partial charge on any atom is -0.369 e. The largest absolute Gasteiger partial charge is 0.369 e. The van der Waals surface area contributed by atoms with Gasteiger partial charge in [-0.05, 0) is 26.0 Å². The second kappa shape index (κ2) is 4.63. The zero-order chi connectivity index (χ0) is 12.4. The third-order valence-corrected chi connectivity index (χ3v) is 3.35. The first-order valence-electron chi connectivity index (χ1n) is 5.25. The van der Waals surface area contributed by atoms with Crippen molar-refractivity contribution in [3.63, 3.8) is 0 Å². The Bertz CT molecular complexity index is 533. The number of carbonyl (C=O) groups is 1. The fourth-order valence-corrected chi connectivity index (χ4v) is 2.08. The predicted molar refractivity (Wildman–Crippen MR) is 67.7 cm³/mol. The van der Waals surface area contributed by atoms with E-state index in [-0.39, 0.29) is 11.8 Å². The fourth-order valence-electron chi connectivity index (χ4n) is 1.45. The van der Waals surface area contributed by atoms with Gasteiger partial charge in [0.15, 0.2) is 0 Å². The molecule has 0 fully saturated rings. The quantitative estimate of drug-likeness (QED) is 0.903. The first-order valence-corrected chi connectivity index (χ1v) is 6.13. The van der Waals surface area contributed by atoms with E-state index in [1.807, 2.05) is 24.4 Å². The van der Waals surface area contributed by atoms with Crippen molar-refractivity contribution in [2.75, 3.05) is 0 Å². The van der Waals surface area contributed by atoms with Crippen molar-refractivity contribution >= 4 is 17.2 Å². The van der Waals surface area contributed by atoms with Gasteiger partial charge in [-0.1, -0.05) is 0 Å². The van der Waals surface area contributed by atoms with Crippen LogP contribution in [0.5, 0.6) is 0 Å². The minimum atomic E-state index is -0.366. The summed E-state index contributed by atoms with van der Waals surface area (Å²) in [5, 5.41) is 3.01. The molecule has 0 aliphatic carbocycles. The van der Waals surface area contributed by atoms with Crippen molar-refractivity contribution in [1.29, 1.82) is 0 Å². The lowest BCUT2D eigenvalue weighted by Crippen LogP contribution is -2.19. The van der Waals surface area contributed by atoms with Gasteiger partial charge in [0.2, 0.25) is 5.91 Å². The lowest BCUT2D eigenvalue weighted by atomic mass is 10.1. The van der Waals surface area contributed by atoms with Crippen LogP contribution in [-0.2, 0) is 4.79 Å². The van der Waals surface area contributed by atoms with Crippen LogP contribution in [0.2, 0.25) is 0 Å². The molecule has 0 aliphatic heterocycles. The molecule has 0 spiro atoms. The molecule has 0 saturated heterocycles. The number of nitrogens with zero attached hydrogens (tertiary/aromatic N) is 2. The van der Waals surface area contributed by atoms with E-state index >= 15 is 0 Å². The maximum absolute atomic E-state index is 11.0. The van der Waals surface area contributed by atoms with Crippen LogP contribution in [0.4, 0.5) is 0 Å². The second-order valence-corrected chi connectivity index (χ2v) is 4.91. The number of hydrogen-bond acceptors (Lipinski definition) is 4. The van der Waals surface area contributed by atoms with E-state index in [0.29, 0.717) is 5.69 Å². The van der Waals surface area contributed by atoms with Crippen molar-refractivity contribution in [3.05, 3.63) is 34.4 Å². The Balaban J connectivity index is 2.27. The predicted octanol–water partition coefficient (Wildman–Crippen LogP) is 2.10. The number of carbonyl (C=O) groups excluding carboxylic acids is 1. The smallest absolute Gasteiger partial charge is 0.226 e. The Kier molecular flexibility index (Phi) is 3.19. The highest BCUT2D eigenvalue weighted by Gasteiger charge is 2.13. The number of primary amides is 1. The molecule has 0 aromatic carbocycles. The number of pyridine rings is 1. The molecular formula is C12H13N3OS. The van der Waals surface area contributed by atoms with Gasteiger partial charge in [-0.25, -0.2) is 4.98 Å². The molecule has 2 aromatic rings. The van der Waals surface area contributed by atoms with E-state index in [1.165, 1.54) is 0 Å². The monoisotopic (exact) mass is 247 g/mol. The Morgan fingerprint density at radius 2 is 2.24 bits per heavy atom. The molecule has 0 aliphatic rings. The highest BCUT2D eigenvalue weighted by atomic mass is 32.1. The Labute approximate surface area is 104 Å². The van der Waals surface area contributed by atoms with Crippen molar-refractivity contribution in [2.45, 2.75) is 19.8 Å². The summed E-state index contributed by atoms with van der Waals surface area (Å²) in [5.41, 5.74) is 7.79. The molecule has 1 atom stereocenters. The molecule has 88 valence electrons. The number of aryl methyl sites for hydroxylation is 1. The summed E-state index contributed by atoms with van der Waals surface area (Å²) in [5.74, 6) is -0.726. The second-order valence-electron chi connectivity index (χ2n) is 3.85. The molecule has 1 amide bonds. The van der Waals surface area contributed by atoms with Crippen LogP contribution in [0, 0.1) is 6.92 Å². The van der Waals surface area contributed by atoms with E-state index in [2.05, 4.69) is 9.97 Å². The molecule has 4 nitrogen and oxygen atoms in total. The molecular weight excluding hydrogens is 234 g/mol. The third-order valence-electron chi connectivity index (χ3n) is 2.57. The standard InChI is InChI=1S/C12H13N3OS/c1-7(12(13)16)10-4-3-9(5-14-10)11-6-17-8(2)15-11/h3-7H,1-2H3,(H2,13,16). The van der Waals surface area contributed by atoms with Crippen LogP contribution in [0.3, 0.4) is 0 Å². The van der Waals surface area contributed by atoms with E-state index in [9.17, 15) is 4.79 Å². The number of nitrogens with two attached hydrogens (primary N) is 1. The summed E-state index contributed by atoms with van der Waals surface area (Å²) < 4.78 is 0. The lowest BCUT2D eigenvalue weighted by molar-refractivity contribution is -0.119. The van der Waals surface area contributed by atoms with Gasteiger partial charge in [0.1, 0.15) is 0 Å². The maximum atomic E-state index is 11.0. The van der Waals surface area contributed by atoms with Gasteiger partial charge in [0.05, 0.1) is 22.3 Å². The number of aromatic nitrogens is 2. The minimum absolute atomic E-state index is 0.360. The van der Waals surface area contributed by atoms with E-state index < -0.39 is 0 Å². The molecule has 2 heterocycles. The molecule has 17 heavy (non-hydrogen) atoms. The molecule has 0 saturated carbocycles. The molecule has 2 aromatic heterocycles. The summed E-state index contributed by atoms with van der Waals surface area (Å²) in [6.07, 6.45) is 1.73. The zero-order valence-electron chi connectivity index (χ0n) is 9.68. The van der Waals surface area contributed by atoms with E-state index in [4.69, 9.17) is 5.73 Å². The van der Waals surface area contributed by atoms with Crippen LogP contribution in [0.15, 0.2) is 23.7 Å². The van der Waals surface area contributed by atoms with Crippen LogP contribution in [0.25, 0.3) is 11.3 Å². The SMILES string of the molecule is Cc1nc(-c2ccc(C(C)C(N)=O)nc2)cs1. The van der Waals surface area contributed by atoms with Crippen LogP contribution >= 0.6 is 11.3 Å². The number of thiazole rings is 1. The molecule has 1 unspecified atom stereocenters. The van der Waals surface area contributed by atoms with E-state index in [1.54, 1.807) is 24.5 Å². The highest BCUT2D eigenvalue weighted by molar-refractivity contribution is 7.09. The lowest BCUT2D eigenvalue weighted by Gasteiger charge is -2.06. The molecule has 5 heteroatoms. The van der Waals surface area contributed by atoms with Crippen molar-refractivity contribution in [1.82, 2.24) is 9.97 Å². The highest BCUT2D eigenvalue weighted by Crippen LogP contribution is 2.22. The van der Waals surface area contributed by atoms with E-state index in [0.717, 1.165) is 16.3 Å². The zero-order valence-corrected chi connectivity index (χ0v) is 10.5. The van der Waals surface area contributed by atoms with Gasteiger partial charge in [0, 0.05) is 17.1 Å². The fraction of sp³-hybridized carbons (Fsp3) is 0.250. The van der Waals surface area contributed by atoms with Gasteiger partial charge in [-0.2, -0.15) is 0 Å². The summed E-state index contributed by atoms with van der Waals surface area (Å²) in [6, 6.07) is 3.73. The normalized spacial score (nSPS) is 12.4. The van der Waals surface area contributed by atoms with Gasteiger partial charge >= 0.3 is 0 Å². The molecule has 2 N–H and O–H groups in total. The maximum Gasteiger partial charge on any atom is 0.226 e. The summed E-state index contributed by atoms with van der Waals surface area (Å²) >= 11 is 1.60. The summed E-state index contributed by atoms with van der Waals surface area (Å²) in [7, 11) is 0. The van der Waals surface area contributed by atoms with Gasteiger partial charge in [-0.3, -0.25) is 9.78 Å². The van der Waals surface area contributed by atoms with Crippen LogP contribution in [-0.4, -0.2) is 15.9 Å². The van der Waals surface area contributed by atoms with Gasteiger partial charge in [0.25, 0.3) is 0 Å².